The summed E-state index contributed by atoms with van der Waals surface area (Å²) in [6.07, 6.45) is 7.14. The first-order chi connectivity index (χ1) is 12.0. The maximum Gasteiger partial charge on any atom is 0.256 e. The molecule has 25 heavy (non-hydrogen) atoms. The van der Waals surface area contributed by atoms with Gasteiger partial charge in [-0.2, -0.15) is 0 Å². The Kier molecular flexibility index (Phi) is 5.18. The standard InChI is InChI=1S/C19H24FN3O2/c1-14-21-10-12-23(14)13-11-22-18(24)19(25,15-4-2-3-5-15)16-6-8-17(20)9-7-16/h6-10,12,15,25H,2-5,11,13H2,1H3,(H,22,24). The number of benzene rings is 1. The fourth-order valence-corrected chi connectivity index (χ4v) is 3.66. The van der Waals surface area contributed by atoms with E-state index in [1.165, 1.54) is 24.3 Å². The number of rotatable bonds is 6. The highest BCUT2D eigenvalue weighted by molar-refractivity contribution is 5.86. The lowest BCUT2D eigenvalue weighted by Crippen LogP contribution is -2.49. The molecular weight excluding hydrogens is 321 g/mol. The lowest BCUT2D eigenvalue weighted by molar-refractivity contribution is -0.147. The second-order valence-electron chi connectivity index (χ2n) is 6.68. The Morgan fingerprint density at radius 1 is 1.36 bits per heavy atom. The molecule has 1 saturated carbocycles. The molecule has 1 atom stereocenters. The molecular formula is C19H24FN3O2. The number of halogens is 1. The Morgan fingerprint density at radius 3 is 2.64 bits per heavy atom. The molecule has 1 unspecified atom stereocenters. The lowest BCUT2D eigenvalue weighted by atomic mass is 9.79. The van der Waals surface area contributed by atoms with Gasteiger partial charge >= 0.3 is 0 Å². The first-order valence-corrected chi connectivity index (χ1v) is 8.76. The molecule has 1 aliphatic rings. The van der Waals surface area contributed by atoms with Gasteiger partial charge in [-0.3, -0.25) is 4.79 Å². The van der Waals surface area contributed by atoms with Gasteiger partial charge in [0.1, 0.15) is 11.6 Å². The minimum Gasteiger partial charge on any atom is -0.375 e. The summed E-state index contributed by atoms with van der Waals surface area (Å²) in [6, 6.07) is 5.59. The Balaban J connectivity index is 1.75. The SMILES string of the molecule is Cc1nccn1CCNC(=O)C(O)(c1ccc(F)cc1)C1CCCC1. The molecule has 0 bridgehead atoms. The summed E-state index contributed by atoms with van der Waals surface area (Å²) in [5.74, 6) is -0.0657. The van der Waals surface area contributed by atoms with Gasteiger partial charge in [0.25, 0.3) is 5.91 Å². The van der Waals surface area contributed by atoms with E-state index >= 15 is 0 Å². The lowest BCUT2D eigenvalue weighted by Gasteiger charge is -2.33. The topological polar surface area (TPSA) is 67.2 Å². The number of aryl methyl sites for hydroxylation is 1. The van der Waals surface area contributed by atoms with E-state index in [2.05, 4.69) is 10.3 Å². The van der Waals surface area contributed by atoms with Crippen molar-refractivity contribution in [2.24, 2.45) is 5.92 Å². The number of aromatic nitrogens is 2. The summed E-state index contributed by atoms with van der Waals surface area (Å²) in [4.78, 5) is 17.0. The number of nitrogens with zero attached hydrogens (tertiary/aromatic N) is 2. The molecule has 1 heterocycles. The van der Waals surface area contributed by atoms with E-state index in [1.54, 1.807) is 6.20 Å². The summed E-state index contributed by atoms with van der Waals surface area (Å²) < 4.78 is 15.2. The fraction of sp³-hybridized carbons (Fsp3) is 0.474. The van der Waals surface area contributed by atoms with Gasteiger partial charge in [-0.1, -0.05) is 25.0 Å². The number of amides is 1. The van der Waals surface area contributed by atoms with Crippen LogP contribution in [0.4, 0.5) is 4.39 Å². The van der Waals surface area contributed by atoms with Gasteiger partial charge in [-0.15, -0.1) is 0 Å². The Bertz CT molecular complexity index is 723. The van der Waals surface area contributed by atoms with Crippen LogP contribution in [0.2, 0.25) is 0 Å². The number of aliphatic hydroxyl groups is 1. The van der Waals surface area contributed by atoms with Crippen molar-refractivity contribution >= 4 is 5.91 Å². The van der Waals surface area contributed by atoms with Crippen molar-refractivity contribution in [3.63, 3.8) is 0 Å². The number of nitrogens with one attached hydrogen (secondary N) is 1. The monoisotopic (exact) mass is 345 g/mol. The number of carbonyl (C=O) groups is 1. The van der Waals surface area contributed by atoms with Crippen LogP contribution in [-0.2, 0) is 16.9 Å². The quantitative estimate of drug-likeness (QED) is 0.845. The molecule has 3 rings (SSSR count). The first-order valence-electron chi connectivity index (χ1n) is 8.76. The van der Waals surface area contributed by atoms with E-state index in [9.17, 15) is 14.3 Å². The van der Waals surface area contributed by atoms with Gasteiger partial charge in [0.05, 0.1) is 0 Å². The molecule has 1 aromatic carbocycles. The normalized spacial score (nSPS) is 17.4. The average Bonchev–Trinajstić information content (AvgIpc) is 3.27. The zero-order valence-electron chi connectivity index (χ0n) is 14.4. The van der Waals surface area contributed by atoms with E-state index < -0.39 is 11.5 Å². The Labute approximate surface area is 146 Å². The van der Waals surface area contributed by atoms with Crippen LogP contribution in [0.15, 0.2) is 36.7 Å². The minimum absolute atomic E-state index is 0.145. The van der Waals surface area contributed by atoms with E-state index in [4.69, 9.17) is 0 Å². The summed E-state index contributed by atoms with van der Waals surface area (Å²) in [6.45, 7) is 2.88. The highest BCUT2D eigenvalue weighted by Gasteiger charge is 2.46. The molecule has 0 saturated heterocycles. The maximum absolute atomic E-state index is 13.3. The molecule has 1 aromatic heterocycles. The van der Waals surface area contributed by atoms with Crippen LogP contribution >= 0.6 is 0 Å². The van der Waals surface area contributed by atoms with Crippen LogP contribution in [0, 0.1) is 18.7 Å². The number of hydrogen-bond acceptors (Lipinski definition) is 3. The van der Waals surface area contributed by atoms with E-state index in [0.717, 1.165) is 31.5 Å². The molecule has 6 heteroatoms. The molecule has 1 amide bonds. The predicted molar refractivity (Wildman–Crippen MR) is 92.2 cm³/mol. The van der Waals surface area contributed by atoms with Gasteiger partial charge in [0.15, 0.2) is 5.60 Å². The molecule has 2 N–H and O–H groups in total. The van der Waals surface area contributed by atoms with Gasteiger partial charge < -0.3 is 15.0 Å². The maximum atomic E-state index is 13.3. The second-order valence-corrected chi connectivity index (χ2v) is 6.68. The molecule has 5 nitrogen and oxygen atoms in total. The smallest absolute Gasteiger partial charge is 0.256 e. The third-order valence-electron chi connectivity index (χ3n) is 5.14. The minimum atomic E-state index is -1.62. The molecule has 0 radical (unpaired) electrons. The highest BCUT2D eigenvalue weighted by Crippen LogP contribution is 2.40. The van der Waals surface area contributed by atoms with Crippen LogP contribution in [0.3, 0.4) is 0 Å². The highest BCUT2D eigenvalue weighted by atomic mass is 19.1. The summed E-state index contributed by atoms with van der Waals surface area (Å²) in [5, 5.41) is 14.1. The zero-order valence-corrected chi connectivity index (χ0v) is 14.4. The van der Waals surface area contributed by atoms with Crippen molar-refractivity contribution in [3.05, 3.63) is 53.9 Å². The van der Waals surface area contributed by atoms with Gasteiger partial charge in [-0.05, 0) is 37.5 Å². The molecule has 2 aromatic rings. The van der Waals surface area contributed by atoms with Gasteiger partial charge in [-0.25, -0.2) is 9.37 Å². The Morgan fingerprint density at radius 2 is 2.04 bits per heavy atom. The summed E-state index contributed by atoms with van der Waals surface area (Å²) in [5.41, 5.74) is -1.16. The van der Waals surface area contributed by atoms with Crippen molar-refractivity contribution in [1.29, 1.82) is 0 Å². The number of carbonyl (C=O) groups excluding carboxylic acids is 1. The molecule has 1 fully saturated rings. The molecule has 0 spiro atoms. The zero-order chi connectivity index (χ0) is 17.9. The van der Waals surface area contributed by atoms with Gasteiger partial charge in [0.2, 0.25) is 0 Å². The first kappa shape index (κ1) is 17.6. The summed E-state index contributed by atoms with van der Waals surface area (Å²) >= 11 is 0. The van der Waals surface area contributed by atoms with Crippen molar-refractivity contribution in [2.45, 2.75) is 44.8 Å². The van der Waals surface area contributed by atoms with E-state index in [0.29, 0.717) is 18.7 Å². The van der Waals surface area contributed by atoms with Crippen molar-refractivity contribution in [3.8, 4) is 0 Å². The predicted octanol–water partition coefficient (Wildman–Crippen LogP) is 2.52. The van der Waals surface area contributed by atoms with Crippen LogP contribution in [0.1, 0.15) is 37.1 Å². The average molecular weight is 345 g/mol. The molecule has 134 valence electrons. The van der Waals surface area contributed by atoms with Crippen LogP contribution in [0.25, 0.3) is 0 Å². The summed E-state index contributed by atoms with van der Waals surface area (Å²) in [7, 11) is 0. The third-order valence-corrected chi connectivity index (χ3v) is 5.14. The second kappa shape index (κ2) is 7.35. The Hall–Kier alpha value is -2.21. The fourth-order valence-electron chi connectivity index (χ4n) is 3.66. The number of imidazole rings is 1. The van der Waals surface area contributed by atoms with Crippen molar-refractivity contribution in [2.75, 3.05) is 6.54 Å². The van der Waals surface area contributed by atoms with Crippen LogP contribution < -0.4 is 5.32 Å². The van der Waals surface area contributed by atoms with Gasteiger partial charge in [0, 0.05) is 31.4 Å². The largest absolute Gasteiger partial charge is 0.375 e. The van der Waals surface area contributed by atoms with E-state index in [-0.39, 0.29) is 11.7 Å². The number of hydrogen-bond donors (Lipinski definition) is 2. The van der Waals surface area contributed by atoms with Crippen LogP contribution in [0.5, 0.6) is 0 Å². The van der Waals surface area contributed by atoms with Crippen molar-refractivity contribution < 1.29 is 14.3 Å². The molecule has 0 aliphatic heterocycles. The molecule has 1 aliphatic carbocycles. The van der Waals surface area contributed by atoms with Crippen molar-refractivity contribution in [1.82, 2.24) is 14.9 Å². The van der Waals surface area contributed by atoms with E-state index in [1.807, 2.05) is 17.7 Å². The van der Waals surface area contributed by atoms with Crippen LogP contribution in [-0.4, -0.2) is 27.1 Å². The third kappa shape index (κ3) is 3.58.